The predicted octanol–water partition coefficient (Wildman–Crippen LogP) is 7.85. The van der Waals surface area contributed by atoms with Gasteiger partial charge in [-0.1, -0.05) is 55.6 Å². The van der Waals surface area contributed by atoms with Gasteiger partial charge in [0.15, 0.2) is 0 Å². The third-order valence-corrected chi connectivity index (χ3v) is 5.97. The first-order chi connectivity index (χ1) is 13.0. The second kappa shape index (κ2) is 6.30. The minimum absolute atomic E-state index is 0.327. The summed E-state index contributed by atoms with van der Waals surface area (Å²) in [5.74, 6) is 0.250. The lowest BCUT2D eigenvalue weighted by Gasteiger charge is -2.07. The van der Waals surface area contributed by atoms with Crippen LogP contribution in [0.2, 0.25) is 5.02 Å². The Morgan fingerprint density at radius 2 is 1.48 bits per heavy atom. The van der Waals surface area contributed by atoms with Crippen molar-refractivity contribution >= 4 is 76.0 Å². The third kappa shape index (κ3) is 2.76. The molecule has 5 aromatic rings. The number of fused-ring (bicyclic) bond motifs is 6. The third-order valence-electron chi connectivity index (χ3n) is 4.67. The van der Waals surface area contributed by atoms with Gasteiger partial charge in [-0.2, -0.15) is 0 Å². The minimum atomic E-state index is -0.370. The largest absolute Gasteiger partial charge is 0.337 e. The molecule has 0 atom stereocenters. The fraction of sp³-hybridized carbons (Fsp3) is 0. The number of aromatic nitrogens is 2. The van der Waals surface area contributed by atoms with Gasteiger partial charge in [-0.05, 0) is 53.2 Å². The highest BCUT2D eigenvalue weighted by Crippen LogP contribution is 2.38. The molecule has 0 spiro atoms. The number of halogens is 4. The number of hydrogen-bond acceptors (Lipinski definition) is 1. The van der Waals surface area contributed by atoms with E-state index in [1.165, 1.54) is 12.1 Å². The van der Waals surface area contributed by atoms with Gasteiger partial charge in [0.2, 0.25) is 0 Å². The van der Waals surface area contributed by atoms with Gasteiger partial charge in [-0.3, -0.25) is 0 Å². The van der Waals surface area contributed by atoms with E-state index in [0.29, 0.717) is 16.4 Å². The number of nitrogens with one attached hydrogen (secondary N) is 1. The second-order valence-corrected chi connectivity index (χ2v) is 8.55. The Labute approximate surface area is 175 Å². The molecule has 6 heteroatoms. The zero-order valence-corrected chi connectivity index (χ0v) is 17.6. The molecule has 1 aromatic heterocycles. The summed E-state index contributed by atoms with van der Waals surface area (Å²) >= 11 is 13.4. The summed E-state index contributed by atoms with van der Waals surface area (Å²) in [7, 11) is 0. The fourth-order valence-corrected chi connectivity index (χ4v) is 4.45. The summed E-state index contributed by atoms with van der Waals surface area (Å²) in [6.45, 7) is 0. The number of hydrogen-bond donors (Lipinski definition) is 1. The summed E-state index contributed by atoms with van der Waals surface area (Å²) in [6, 6.07) is 16.7. The van der Waals surface area contributed by atoms with E-state index in [-0.39, 0.29) is 5.82 Å². The molecule has 1 heterocycles. The Morgan fingerprint density at radius 3 is 2.19 bits per heavy atom. The van der Waals surface area contributed by atoms with E-state index in [9.17, 15) is 4.39 Å². The molecule has 5 rings (SSSR count). The monoisotopic (exact) mass is 502 g/mol. The molecule has 0 aliphatic heterocycles. The predicted molar refractivity (Wildman–Crippen MR) is 117 cm³/mol. The number of nitrogens with zero attached hydrogens (tertiary/aromatic N) is 1. The molecular weight excluding hydrogens is 495 g/mol. The Balaban J connectivity index is 1.94. The van der Waals surface area contributed by atoms with Gasteiger partial charge in [0, 0.05) is 25.3 Å². The molecule has 0 fully saturated rings. The summed E-state index contributed by atoms with van der Waals surface area (Å²) in [5.41, 5.74) is 2.47. The molecule has 0 aliphatic carbocycles. The Morgan fingerprint density at radius 1 is 0.815 bits per heavy atom. The van der Waals surface area contributed by atoms with Crippen molar-refractivity contribution in [3.8, 4) is 11.4 Å². The Hall–Kier alpha value is -1.95. The molecular formula is C21H10Br2ClFN2. The van der Waals surface area contributed by atoms with Gasteiger partial charge in [0.1, 0.15) is 11.6 Å². The maximum Gasteiger partial charge on any atom is 0.140 e. The van der Waals surface area contributed by atoms with Crippen LogP contribution in [0.1, 0.15) is 0 Å². The smallest absolute Gasteiger partial charge is 0.140 e. The standard InChI is InChI=1S/C21H10Br2ClFN2/c22-10-1-4-13-16(7-10)17-8-11(23)2-5-14(17)20-19(13)26-21(27-20)15-6-3-12(25)9-18(15)24/h1-9H,(H,26,27). The maximum absolute atomic E-state index is 13.4. The van der Waals surface area contributed by atoms with Crippen LogP contribution in [0.25, 0.3) is 44.0 Å². The van der Waals surface area contributed by atoms with Crippen LogP contribution in [-0.4, -0.2) is 9.97 Å². The summed E-state index contributed by atoms with van der Waals surface area (Å²) < 4.78 is 15.5. The second-order valence-electron chi connectivity index (χ2n) is 6.31. The van der Waals surface area contributed by atoms with E-state index in [1.807, 2.05) is 12.1 Å². The van der Waals surface area contributed by atoms with E-state index in [2.05, 4.69) is 61.1 Å². The molecule has 0 aliphatic rings. The molecule has 0 unspecified atom stereocenters. The molecule has 132 valence electrons. The van der Waals surface area contributed by atoms with E-state index in [4.69, 9.17) is 16.6 Å². The zero-order chi connectivity index (χ0) is 18.7. The van der Waals surface area contributed by atoms with Gasteiger partial charge in [-0.15, -0.1) is 0 Å². The molecule has 1 N–H and O–H groups in total. The molecule has 2 nitrogen and oxygen atoms in total. The first-order valence-electron chi connectivity index (χ1n) is 8.17. The van der Waals surface area contributed by atoms with Crippen LogP contribution in [0.3, 0.4) is 0 Å². The first-order valence-corrected chi connectivity index (χ1v) is 10.1. The summed E-state index contributed by atoms with van der Waals surface area (Å²) in [6.07, 6.45) is 0. The van der Waals surface area contributed by atoms with Crippen LogP contribution >= 0.6 is 43.5 Å². The molecule has 0 saturated heterocycles. The topological polar surface area (TPSA) is 28.7 Å². The number of imidazole rings is 1. The van der Waals surface area contributed by atoms with E-state index in [0.717, 1.165) is 41.5 Å². The summed E-state index contributed by atoms with van der Waals surface area (Å²) in [4.78, 5) is 8.21. The van der Waals surface area contributed by atoms with E-state index < -0.39 is 0 Å². The lowest BCUT2D eigenvalue weighted by atomic mass is 10.0. The van der Waals surface area contributed by atoms with Gasteiger partial charge in [0.25, 0.3) is 0 Å². The summed E-state index contributed by atoms with van der Waals surface area (Å²) in [5, 5.41) is 4.66. The highest BCUT2D eigenvalue weighted by molar-refractivity contribution is 9.10. The van der Waals surface area contributed by atoms with Crippen molar-refractivity contribution in [2.45, 2.75) is 0 Å². The minimum Gasteiger partial charge on any atom is -0.337 e. The van der Waals surface area contributed by atoms with Crippen molar-refractivity contribution in [1.29, 1.82) is 0 Å². The quantitative estimate of drug-likeness (QED) is 0.231. The SMILES string of the molecule is Fc1ccc(-c2nc3c4ccc(Br)cc4c4cc(Br)ccc4c3[nH]2)c(Cl)c1. The number of aromatic amines is 1. The van der Waals surface area contributed by atoms with Crippen LogP contribution in [0.5, 0.6) is 0 Å². The average molecular weight is 505 g/mol. The molecule has 0 bridgehead atoms. The van der Waals surface area contributed by atoms with E-state index in [1.54, 1.807) is 6.07 Å². The van der Waals surface area contributed by atoms with Crippen LogP contribution < -0.4 is 0 Å². The van der Waals surface area contributed by atoms with Crippen molar-refractivity contribution in [3.63, 3.8) is 0 Å². The van der Waals surface area contributed by atoms with Crippen molar-refractivity contribution in [3.05, 3.63) is 74.4 Å². The number of rotatable bonds is 1. The average Bonchev–Trinajstić information content (AvgIpc) is 3.06. The number of H-pyrrole nitrogens is 1. The van der Waals surface area contributed by atoms with E-state index >= 15 is 0 Å². The maximum atomic E-state index is 13.4. The van der Waals surface area contributed by atoms with Crippen molar-refractivity contribution in [1.82, 2.24) is 9.97 Å². The van der Waals surface area contributed by atoms with Gasteiger partial charge < -0.3 is 4.98 Å². The molecule has 0 radical (unpaired) electrons. The van der Waals surface area contributed by atoms with Crippen molar-refractivity contribution < 1.29 is 4.39 Å². The molecule has 27 heavy (non-hydrogen) atoms. The normalized spacial score (nSPS) is 11.7. The van der Waals surface area contributed by atoms with Crippen LogP contribution in [0, 0.1) is 5.82 Å². The molecule has 0 amide bonds. The lowest BCUT2D eigenvalue weighted by Crippen LogP contribution is -1.83. The Kier molecular flexibility index (Phi) is 4.00. The lowest BCUT2D eigenvalue weighted by molar-refractivity contribution is 0.628. The highest BCUT2D eigenvalue weighted by Gasteiger charge is 2.16. The fourth-order valence-electron chi connectivity index (χ4n) is 3.48. The van der Waals surface area contributed by atoms with Crippen molar-refractivity contribution in [2.75, 3.05) is 0 Å². The van der Waals surface area contributed by atoms with Gasteiger partial charge >= 0.3 is 0 Å². The highest BCUT2D eigenvalue weighted by atomic mass is 79.9. The van der Waals surface area contributed by atoms with Gasteiger partial charge in [0.05, 0.1) is 16.1 Å². The van der Waals surface area contributed by atoms with Crippen LogP contribution in [-0.2, 0) is 0 Å². The first kappa shape index (κ1) is 17.2. The van der Waals surface area contributed by atoms with Crippen molar-refractivity contribution in [2.24, 2.45) is 0 Å². The Bertz CT molecular complexity index is 1300. The molecule has 0 saturated carbocycles. The molecule has 4 aromatic carbocycles. The zero-order valence-electron chi connectivity index (χ0n) is 13.7. The van der Waals surface area contributed by atoms with Crippen LogP contribution in [0.15, 0.2) is 63.5 Å². The number of benzene rings is 4. The van der Waals surface area contributed by atoms with Gasteiger partial charge in [-0.25, -0.2) is 9.37 Å². The van der Waals surface area contributed by atoms with Crippen LogP contribution in [0.4, 0.5) is 4.39 Å².